The number of carbonyl (C=O) groups excluding carboxylic acids is 2. The van der Waals surface area contributed by atoms with Gasteiger partial charge >= 0.3 is 0 Å². The molecule has 0 aliphatic carbocycles. The first-order valence-electron chi connectivity index (χ1n) is 11.0. The Morgan fingerprint density at radius 3 is 2.62 bits per heavy atom. The van der Waals surface area contributed by atoms with Crippen LogP contribution in [0.1, 0.15) is 23.4 Å². The first kappa shape index (κ1) is 20.5. The van der Waals surface area contributed by atoms with E-state index in [1.807, 2.05) is 11.0 Å². The third kappa shape index (κ3) is 3.92. The van der Waals surface area contributed by atoms with Crippen LogP contribution < -0.4 is 4.90 Å². The highest BCUT2D eigenvalue weighted by atomic mass is 19.1. The number of piperidine rings is 1. The van der Waals surface area contributed by atoms with Gasteiger partial charge in [-0.25, -0.2) is 4.39 Å². The summed E-state index contributed by atoms with van der Waals surface area (Å²) in [4.78, 5) is 35.8. The quantitative estimate of drug-likeness (QED) is 0.631. The van der Waals surface area contributed by atoms with Crippen LogP contribution in [0, 0.1) is 11.7 Å². The summed E-state index contributed by atoms with van der Waals surface area (Å²) in [6.07, 6.45) is 4.95. The maximum absolute atomic E-state index is 13.9. The van der Waals surface area contributed by atoms with Crippen LogP contribution in [0.4, 0.5) is 10.1 Å². The number of hydrogen-bond donors (Lipinski definition) is 0. The summed E-state index contributed by atoms with van der Waals surface area (Å²) < 4.78 is 19.1. The SMILES string of the molecule is O=C(c1ccco1)N1CCN(C(=O)C2CCCN(c3ccnc4ccc(F)cc34)C2)CC1. The molecule has 2 aliphatic heterocycles. The summed E-state index contributed by atoms with van der Waals surface area (Å²) >= 11 is 0. The van der Waals surface area contributed by atoms with E-state index < -0.39 is 0 Å². The zero-order chi connectivity index (χ0) is 22.1. The molecule has 0 saturated carbocycles. The number of aromatic nitrogens is 1. The largest absolute Gasteiger partial charge is 0.459 e. The minimum atomic E-state index is -0.293. The van der Waals surface area contributed by atoms with E-state index in [0.717, 1.165) is 36.0 Å². The predicted octanol–water partition coefficient (Wildman–Crippen LogP) is 3.17. The van der Waals surface area contributed by atoms with Crippen molar-refractivity contribution in [3.05, 3.63) is 60.4 Å². The molecule has 2 aliphatic rings. The fraction of sp³-hybridized carbons (Fsp3) is 0.375. The lowest BCUT2D eigenvalue weighted by Gasteiger charge is -2.39. The molecule has 2 aromatic heterocycles. The fourth-order valence-corrected chi connectivity index (χ4v) is 4.72. The second-order valence-corrected chi connectivity index (χ2v) is 8.37. The molecule has 32 heavy (non-hydrogen) atoms. The molecule has 0 radical (unpaired) electrons. The van der Waals surface area contributed by atoms with Crippen LogP contribution in [0.5, 0.6) is 0 Å². The third-order valence-corrected chi connectivity index (χ3v) is 6.40. The van der Waals surface area contributed by atoms with E-state index in [0.29, 0.717) is 38.5 Å². The van der Waals surface area contributed by atoms with Gasteiger partial charge in [0.1, 0.15) is 5.82 Å². The Balaban J connectivity index is 1.25. The van der Waals surface area contributed by atoms with Crippen molar-refractivity contribution in [2.24, 2.45) is 5.92 Å². The van der Waals surface area contributed by atoms with E-state index in [1.54, 1.807) is 29.3 Å². The van der Waals surface area contributed by atoms with Crippen LogP contribution >= 0.6 is 0 Å². The van der Waals surface area contributed by atoms with E-state index in [2.05, 4.69) is 9.88 Å². The summed E-state index contributed by atoms with van der Waals surface area (Å²) in [6.45, 7) is 3.45. The number of piperazine rings is 1. The van der Waals surface area contributed by atoms with E-state index in [9.17, 15) is 14.0 Å². The van der Waals surface area contributed by atoms with Gasteiger partial charge in [0.15, 0.2) is 5.76 Å². The van der Waals surface area contributed by atoms with Crippen molar-refractivity contribution < 1.29 is 18.4 Å². The first-order valence-corrected chi connectivity index (χ1v) is 11.0. The second kappa shape index (κ2) is 8.61. The molecule has 3 aromatic rings. The number of hydrogen-bond acceptors (Lipinski definition) is 5. The van der Waals surface area contributed by atoms with Crippen LogP contribution in [-0.4, -0.2) is 65.9 Å². The highest BCUT2D eigenvalue weighted by Gasteiger charge is 2.33. The first-order chi connectivity index (χ1) is 15.6. The van der Waals surface area contributed by atoms with Gasteiger partial charge < -0.3 is 19.1 Å². The molecule has 1 unspecified atom stereocenters. The Hall–Kier alpha value is -3.42. The number of nitrogens with zero attached hydrogens (tertiary/aromatic N) is 4. The lowest BCUT2D eigenvalue weighted by atomic mass is 9.95. The van der Waals surface area contributed by atoms with Crippen LogP contribution in [0.15, 0.2) is 53.3 Å². The summed E-state index contributed by atoms with van der Waals surface area (Å²) in [5.74, 6) is -0.0907. The van der Waals surface area contributed by atoms with Crippen molar-refractivity contribution in [3.63, 3.8) is 0 Å². The number of anilines is 1. The summed E-state index contributed by atoms with van der Waals surface area (Å²) in [6, 6.07) is 9.86. The molecule has 8 heteroatoms. The predicted molar refractivity (Wildman–Crippen MR) is 118 cm³/mol. The van der Waals surface area contributed by atoms with Gasteiger partial charge in [0.05, 0.1) is 17.7 Å². The highest BCUT2D eigenvalue weighted by Crippen LogP contribution is 2.30. The van der Waals surface area contributed by atoms with Gasteiger partial charge in [0.25, 0.3) is 5.91 Å². The Labute approximate surface area is 185 Å². The second-order valence-electron chi connectivity index (χ2n) is 8.37. The highest BCUT2D eigenvalue weighted by molar-refractivity contribution is 5.92. The topological polar surface area (TPSA) is 69.9 Å². The van der Waals surface area contributed by atoms with Gasteiger partial charge in [0.2, 0.25) is 5.91 Å². The summed E-state index contributed by atoms with van der Waals surface area (Å²) in [5.41, 5.74) is 1.66. The molecule has 0 bridgehead atoms. The van der Waals surface area contributed by atoms with Crippen LogP contribution in [-0.2, 0) is 4.79 Å². The van der Waals surface area contributed by atoms with E-state index >= 15 is 0 Å². The Kier molecular flexibility index (Phi) is 5.51. The van der Waals surface area contributed by atoms with Crippen molar-refractivity contribution in [3.8, 4) is 0 Å². The molecule has 4 heterocycles. The number of amides is 2. The number of pyridine rings is 1. The summed E-state index contributed by atoms with van der Waals surface area (Å²) in [5, 5.41) is 0.769. The molecule has 2 amide bonds. The molecule has 0 N–H and O–H groups in total. The standard InChI is InChI=1S/C24H25FN4O3/c25-18-5-6-20-19(15-18)21(7-8-26-20)29-9-1-3-17(16-29)23(30)27-10-12-28(13-11-27)24(31)22-4-2-14-32-22/h2,4-8,14-15,17H,1,3,9-13,16H2. The zero-order valence-electron chi connectivity index (χ0n) is 17.7. The molecule has 1 atom stereocenters. The Bertz CT molecular complexity index is 1130. The smallest absolute Gasteiger partial charge is 0.289 e. The van der Waals surface area contributed by atoms with Crippen molar-refractivity contribution in [2.75, 3.05) is 44.2 Å². The maximum Gasteiger partial charge on any atom is 0.289 e. The van der Waals surface area contributed by atoms with Crippen LogP contribution in [0.25, 0.3) is 10.9 Å². The Morgan fingerprint density at radius 1 is 1.03 bits per heavy atom. The fourth-order valence-electron chi connectivity index (χ4n) is 4.72. The number of rotatable bonds is 3. The van der Waals surface area contributed by atoms with E-state index in [4.69, 9.17) is 4.42 Å². The van der Waals surface area contributed by atoms with E-state index in [1.165, 1.54) is 18.4 Å². The molecular weight excluding hydrogens is 411 g/mol. The van der Waals surface area contributed by atoms with Gasteiger partial charge in [-0.05, 0) is 49.2 Å². The number of benzene rings is 1. The normalized spacial score (nSPS) is 19.4. The van der Waals surface area contributed by atoms with Crippen molar-refractivity contribution in [1.29, 1.82) is 0 Å². The molecule has 5 rings (SSSR count). The zero-order valence-corrected chi connectivity index (χ0v) is 17.7. The monoisotopic (exact) mass is 436 g/mol. The van der Waals surface area contributed by atoms with Crippen LogP contribution in [0.2, 0.25) is 0 Å². The summed E-state index contributed by atoms with van der Waals surface area (Å²) in [7, 11) is 0. The number of fused-ring (bicyclic) bond motifs is 1. The molecule has 2 fully saturated rings. The number of halogens is 1. The van der Waals surface area contributed by atoms with Gasteiger partial charge in [-0.15, -0.1) is 0 Å². The lowest BCUT2D eigenvalue weighted by molar-refractivity contribution is -0.137. The molecule has 2 saturated heterocycles. The van der Waals surface area contributed by atoms with Gasteiger partial charge in [-0.2, -0.15) is 0 Å². The van der Waals surface area contributed by atoms with Gasteiger partial charge in [-0.1, -0.05) is 0 Å². The van der Waals surface area contributed by atoms with Crippen molar-refractivity contribution >= 4 is 28.4 Å². The molecule has 166 valence electrons. The minimum Gasteiger partial charge on any atom is -0.459 e. The Morgan fingerprint density at radius 2 is 1.84 bits per heavy atom. The maximum atomic E-state index is 13.9. The third-order valence-electron chi connectivity index (χ3n) is 6.40. The number of furan rings is 1. The molecular formula is C24H25FN4O3. The average Bonchev–Trinajstić information content (AvgIpc) is 3.38. The van der Waals surface area contributed by atoms with Crippen molar-refractivity contribution in [2.45, 2.75) is 12.8 Å². The van der Waals surface area contributed by atoms with E-state index in [-0.39, 0.29) is 23.5 Å². The van der Waals surface area contributed by atoms with Gasteiger partial charge in [-0.3, -0.25) is 14.6 Å². The molecule has 7 nitrogen and oxygen atoms in total. The average molecular weight is 436 g/mol. The lowest BCUT2D eigenvalue weighted by Crippen LogP contribution is -2.53. The molecule has 0 spiro atoms. The number of carbonyl (C=O) groups is 2. The van der Waals surface area contributed by atoms with Gasteiger partial charge in [0, 0.05) is 56.5 Å². The van der Waals surface area contributed by atoms with Crippen molar-refractivity contribution in [1.82, 2.24) is 14.8 Å². The minimum absolute atomic E-state index is 0.118. The van der Waals surface area contributed by atoms with Crippen LogP contribution in [0.3, 0.4) is 0 Å². The molecule has 1 aromatic carbocycles.